The summed E-state index contributed by atoms with van der Waals surface area (Å²) in [5.74, 6) is 1.09. The number of hydrogen-bond donors (Lipinski definition) is 2. The van der Waals surface area contributed by atoms with E-state index >= 15 is 0 Å². The third kappa shape index (κ3) is 4.79. The van der Waals surface area contributed by atoms with Gasteiger partial charge in [0.05, 0.1) is 0 Å². The van der Waals surface area contributed by atoms with E-state index in [1.807, 2.05) is 4.90 Å². The first-order chi connectivity index (χ1) is 12.6. The number of rotatable bonds is 7. The van der Waals surface area contributed by atoms with Crippen LogP contribution in [0, 0.1) is 5.92 Å². The van der Waals surface area contributed by atoms with Crippen LogP contribution in [0.1, 0.15) is 44.6 Å². The number of para-hydroxylation sites is 1. The Morgan fingerprint density at radius 3 is 2.85 bits per heavy atom. The minimum Gasteiger partial charge on any atom is -0.381 e. The summed E-state index contributed by atoms with van der Waals surface area (Å²) >= 11 is 0. The fraction of sp³-hybridized carbons (Fsp3) is 0.571. The molecule has 26 heavy (non-hydrogen) atoms. The molecule has 0 spiro atoms. The van der Waals surface area contributed by atoms with Gasteiger partial charge in [-0.05, 0) is 42.7 Å². The average Bonchev–Trinajstić information content (AvgIpc) is 3.08. The topological polar surface area (TPSA) is 57.4 Å². The average molecular weight is 357 g/mol. The van der Waals surface area contributed by atoms with Crippen molar-refractivity contribution in [3.05, 3.63) is 36.0 Å². The van der Waals surface area contributed by atoms with E-state index in [1.165, 1.54) is 16.5 Å². The van der Waals surface area contributed by atoms with E-state index in [4.69, 9.17) is 4.74 Å². The van der Waals surface area contributed by atoms with Crippen molar-refractivity contribution in [1.29, 1.82) is 0 Å². The SMILES string of the molecule is CC(C)COCCCNC(=O)N1CCC(c2c[nH]c3ccccc23)CC1. The highest BCUT2D eigenvalue weighted by atomic mass is 16.5. The van der Waals surface area contributed by atoms with Crippen molar-refractivity contribution in [2.24, 2.45) is 5.92 Å². The third-order valence-electron chi connectivity index (χ3n) is 5.04. The number of amides is 2. The standard InChI is InChI=1S/C21H31N3O2/c1-16(2)15-26-13-5-10-22-21(25)24-11-8-17(9-12-24)19-14-23-20-7-4-3-6-18(19)20/h3-4,6-7,14,16-17,23H,5,8-13,15H2,1-2H3,(H,22,25). The van der Waals surface area contributed by atoms with Gasteiger partial charge in [-0.2, -0.15) is 0 Å². The molecule has 2 heterocycles. The lowest BCUT2D eigenvalue weighted by atomic mass is 9.89. The van der Waals surface area contributed by atoms with E-state index in [1.54, 1.807) is 0 Å². The molecule has 5 heteroatoms. The van der Waals surface area contributed by atoms with Gasteiger partial charge in [-0.1, -0.05) is 32.0 Å². The summed E-state index contributed by atoms with van der Waals surface area (Å²) in [7, 11) is 0. The van der Waals surface area contributed by atoms with Gasteiger partial charge in [-0.3, -0.25) is 0 Å². The molecule has 1 aliphatic rings. The van der Waals surface area contributed by atoms with Crippen molar-refractivity contribution in [2.45, 2.75) is 39.0 Å². The Hall–Kier alpha value is -2.01. The number of benzene rings is 1. The summed E-state index contributed by atoms with van der Waals surface area (Å²) in [5, 5.41) is 4.34. The molecule has 3 rings (SSSR count). The highest BCUT2D eigenvalue weighted by Gasteiger charge is 2.25. The molecule has 0 saturated carbocycles. The number of nitrogens with one attached hydrogen (secondary N) is 2. The van der Waals surface area contributed by atoms with Crippen LogP contribution in [-0.2, 0) is 4.74 Å². The molecule has 0 radical (unpaired) electrons. The number of likely N-dealkylation sites (tertiary alicyclic amines) is 1. The Labute approximate surface area is 156 Å². The number of aromatic nitrogens is 1. The molecule has 2 N–H and O–H groups in total. The van der Waals surface area contributed by atoms with Crippen molar-refractivity contribution in [3.8, 4) is 0 Å². The molecule has 0 aliphatic carbocycles. The second-order valence-electron chi connectivity index (χ2n) is 7.61. The second kappa shape index (κ2) is 9.08. The van der Waals surface area contributed by atoms with Gasteiger partial charge in [0, 0.05) is 49.9 Å². The van der Waals surface area contributed by atoms with Crippen LogP contribution in [0.2, 0.25) is 0 Å². The number of H-pyrrole nitrogens is 1. The quantitative estimate of drug-likeness (QED) is 0.732. The number of carbonyl (C=O) groups is 1. The zero-order valence-electron chi connectivity index (χ0n) is 16.0. The van der Waals surface area contributed by atoms with Crippen LogP contribution in [0.5, 0.6) is 0 Å². The maximum atomic E-state index is 12.3. The Morgan fingerprint density at radius 1 is 1.31 bits per heavy atom. The summed E-state index contributed by atoms with van der Waals surface area (Å²) in [6, 6.07) is 8.51. The molecule has 1 aromatic heterocycles. The summed E-state index contributed by atoms with van der Waals surface area (Å²) < 4.78 is 5.55. The van der Waals surface area contributed by atoms with Crippen LogP contribution in [0.25, 0.3) is 10.9 Å². The molecule has 1 saturated heterocycles. The van der Waals surface area contributed by atoms with Crippen molar-refractivity contribution in [3.63, 3.8) is 0 Å². The van der Waals surface area contributed by atoms with Gasteiger partial charge in [0.25, 0.3) is 0 Å². The molecule has 0 bridgehead atoms. The smallest absolute Gasteiger partial charge is 0.317 e. The lowest BCUT2D eigenvalue weighted by Crippen LogP contribution is -2.44. The van der Waals surface area contributed by atoms with Gasteiger partial charge in [0.1, 0.15) is 0 Å². The number of fused-ring (bicyclic) bond motifs is 1. The molecule has 142 valence electrons. The van der Waals surface area contributed by atoms with E-state index in [9.17, 15) is 4.79 Å². The van der Waals surface area contributed by atoms with Crippen molar-refractivity contribution in [1.82, 2.24) is 15.2 Å². The van der Waals surface area contributed by atoms with Gasteiger partial charge in [-0.15, -0.1) is 0 Å². The molecule has 1 fully saturated rings. The number of nitrogens with zero attached hydrogens (tertiary/aromatic N) is 1. The Balaban J connectivity index is 1.40. The minimum absolute atomic E-state index is 0.0613. The predicted molar refractivity (Wildman–Crippen MR) is 106 cm³/mol. The summed E-state index contributed by atoms with van der Waals surface area (Å²) in [5.41, 5.74) is 2.59. The monoisotopic (exact) mass is 357 g/mol. The van der Waals surface area contributed by atoms with Crippen LogP contribution in [-0.4, -0.2) is 48.8 Å². The van der Waals surface area contributed by atoms with Crippen LogP contribution in [0.3, 0.4) is 0 Å². The zero-order valence-corrected chi connectivity index (χ0v) is 16.0. The van der Waals surface area contributed by atoms with Crippen LogP contribution in [0.15, 0.2) is 30.5 Å². The van der Waals surface area contributed by atoms with Crippen LogP contribution < -0.4 is 5.32 Å². The fourth-order valence-corrected chi connectivity index (χ4v) is 3.63. The largest absolute Gasteiger partial charge is 0.381 e. The maximum Gasteiger partial charge on any atom is 0.317 e. The Bertz CT molecular complexity index is 702. The van der Waals surface area contributed by atoms with Gasteiger partial charge in [0.2, 0.25) is 0 Å². The number of aromatic amines is 1. The molecule has 2 amide bonds. The summed E-state index contributed by atoms with van der Waals surface area (Å²) in [4.78, 5) is 17.6. The van der Waals surface area contributed by atoms with Gasteiger partial charge < -0.3 is 19.9 Å². The third-order valence-corrected chi connectivity index (χ3v) is 5.04. The first-order valence-electron chi connectivity index (χ1n) is 9.81. The van der Waals surface area contributed by atoms with Gasteiger partial charge in [-0.25, -0.2) is 4.79 Å². The molecule has 0 atom stereocenters. The van der Waals surface area contributed by atoms with Crippen LogP contribution >= 0.6 is 0 Å². The van der Waals surface area contributed by atoms with E-state index in [-0.39, 0.29) is 6.03 Å². The van der Waals surface area contributed by atoms with Gasteiger partial charge >= 0.3 is 6.03 Å². The lowest BCUT2D eigenvalue weighted by molar-refractivity contribution is 0.107. The number of ether oxygens (including phenoxy) is 1. The Kier molecular flexibility index (Phi) is 6.56. The first kappa shape index (κ1) is 18.8. The summed E-state index contributed by atoms with van der Waals surface area (Å²) in [6.45, 7) is 8.10. The molecular weight excluding hydrogens is 326 g/mol. The van der Waals surface area contributed by atoms with E-state index in [0.717, 1.165) is 39.0 Å². The van der Waals surface area contributed by atoms with Crippen molar-refractivity contribution in [2.75, 3.05) is 32.8 Å². The highest BCUT2D eigenvalue weighted by molar-refractivity contribution is 5.83. The predicted octanol–water partition coefficient (Wildman–Crippen LogP) is 4.12. The first-order valence-corrected chi connectivity index (χ1v) is 9.81. The minimum atomic E-state index is 0.0613. The molecule has 0 unspecified atom stereocenters. The summed E-state index contributed by atoms with van der Waals surface area (Å²) in [6.07, 6.45) is 5.05. The normalized spacial score (nSPS) is 15.7. The molecule has 2 aromatic rings. The number of carbonyl (C=O) groups excluding carboxylic acids is 1. The number of urea groups is 1. The highest BCUT2D eigenvalue weighted by Crippen LogP contribution is 2.32. The lowest BCUT2D eigenvalue weighted by Gasteiger charge is -2.32. The number of hydrogen-bond acceptors (Lipinski definition) is 2. The maximum absolute atomic E-state index is 12.3. The molecule has 5 nitrogen and oxygen atoms in total. The zero-order chi connectivity index (χ0) is 18.4. The fourth-order valence-electron chi connectivity index (χ4n) is 3.63. The van der Waals surface area contributed by atoms with Crippen molar-refractivity contribution < 1.29 is 9.53 Å². The van der Waals surface area contributed by atoms with Gasteiger partial charge in [0.15, 0.2) is 0 Å². The molecule has 1 aromatic carbocycles. The molecule has 1 aliphatic heterocycles. The van der Waals surface area contributed by atoms with Crippen molar-refractivity contribution >= 4 is 16.9 Å². The van der Waals surface area contributed by atoms with E-state index in [2.05, 4.69) is 54.6 Å². The van der Waals surface area contributed by atoms with E-state index in [0.29, 0.717) is 25.0 Å². The Morgan fingerprint density at radius 2 is 2.08 bits per heavy atom. The van der Waals surface area contributed by atoms with E-state index < -0.39 is 0 Å². The second-order valence-corrected chi connectivity index (χ2v) is 7.61. The van der Waals surface area contributed by atoms with Crippen LogP contribution in [0.4, 0.5) is 4.79 Å². The molecular formula is C21H31N3O2. The number of piperidine rings is 1.